The van der Waals surface area contributed by atoms with E-state index in [0.29, 0.717) is 24.0 Å². The lowest BCUT2D eigenvalue weighted by Gasteiger charge is -2.26. The van der Waals surface area contributed by atoms with Gasteiger partial charge in [0, 0.05) is 6.42 Å². The summed E-state index contributed by atoms with van der Waals surface area (Å²) in [6, 6.07) is 11.3. The van der Waals surface area contributed by atoms with Crippen molar-refractivity contribution in [2.24, 2.45) is 0 Å². The third kappa shape index (κ3) is 4.61. The van der Waals surface area contributed by atoms with Gasteiger partial charge >= 0.3 is 6.18 Å². The molecule has 4 rings (SSSR count). The van der Waals surface area contributed by atoms with Gasteiger partial charge < -0.3 is 0 Å². The van der Waals surface area contributed by atoms with E-state index in [1.165, 1.54) is 6.07 Å². The van der Waals surface area contributed by atoms with E-state index in [-0.39, 0.29) is 17.7 Å². The van der Waals surface area contributed by atoms with Crippen LogP contribution in [0.1, 0.15) is 50.7 Å². The van der Waals surface area contributed by atoms with Crippen LogP contribution in [0.15, 0.2) is 65.6 Å². The van der Waals surface area contributed by atoms with Gasteiger partial charge in [0.2, 0.25) is 0 Å². The molecule has 0 heterocycles. The standard InChI is InChI=1S/C25H19F5O3S/c26-20-4-2-5-21(27)24(20)22(31)14-15-7-8-16-3-1-6-23(19(16)13-15)34(32,33)18-11-9-17(10-12-18)25(28,29)30/h2,4-5,7-13,23H,1,3,6,14H2. The highest BCUT2D eigenvalue weighted by atomic mass is 32.2. The zero-order chi connectivity index (χ0) is 24.7. The zero-order valence-corrected chi connectivity index (χ0v) is 18.5. The van der Waals surface area contributed by atoms with Gasteiger partial charge in [0.05, 0.1) is 21.3 Å². The van der Waals surface area contributed by atoms with Crippen molar-refractivity contribution in [2.75, 3.05) is 0 Å². The maximum absolute atomic E-state index is 14.0. The van der Waals surface area contributed by atoms with Crippen molar-refractivity contribution in [2.45, 2.75) is 42.0 Å². The number of alkyl halides is 3. The Morgan fingerprint density at radius 2 is 1.59 bits per heavy atom. The van der Waals surface area contributed by atoms with Crippen LogP contribution in [-0.2, 0) is 28.9 Å². The van der Waals surface area contributed by atoms with Crippen molar-refractivity contribution in [3.8, 4) is 0 Å². The molecule has 0 fully saturated rings. The first kappa shape index (κ1) is 24.1. The third-order valence-corrected chi connectivity index (χ3v) is 8.13. The molecule has 0 bridgehead atoms. The smallest absolute Gasteiger partial charge is 0.294 e. The Hall–Kier alpha value is -3.07. The molecule has 0 radical (unpaired) electrons. The number of carbonyl (C=O) groups is 1. The molecule has 9 heteroatoms. The van der Waals surface area contributed by atoms with Crippen LogP contribution >= 0.6 is 0 Å². The lowest BCUT2D eigenvalue weighted by Crippen LogP contribution is -2.20. The van der Waals surface area contributed by atoms with Crippen molar-refractivity contribution in [1.29, 1.82) is 0 Å². The van der Waals surface area contributed by atoms with Crippen LogP contribution in [0.2, 0.25) is 0 Å². The van der Waals surface area contributed by atoms with Crippen molar-refractivity contribution < 1.29 is 35.2 Å². The molecule has 0 amide bonds. The van der Waals surface area contributed by atoms with Gasteiger partial charge in [0.25, 0.3) is 0 Å². The number of rotatable bonds is 5. The van der Waals surface area contributed by atoms with Gasteiger partial charge in [-0.1, -0.05) is 24.3 Å². The van der Waals surface area contributed by atoms with Gasteiger partial charge in [-0.15, -0.1) is 0 Å². The fraction of sp³-hybridized carbons (Fsp3) is 0.240. The van der Waals surface area contributed by atoms with Gasteiger partial charge in [-0.05, 0) is 72.4 Å². The lowest BCUT2D eigenvalue weighted by atomic mass is 9.88. The van der Waals surface area contributed by atoms with E-state index < -0.39 is 49.8 Å². The maximum atomic E-state index is 14.0. The number of aryl methyl sites for hydroxylation is 1. The summed E-state index contributed by atoms with van der Waals surface area (Å²) < 4.78 is 93.2. The molecule has 0 aromatic heterocycles. The fourth-order valence-electron chi connectivity index (χ4n) is 4.27. The molecule has 0 N–H and O–H groups in total. The van der Waals surface area contributed by atoms with Crippen LogP contribution in [0.25, 0.3) is 0 Å². The Balaban J connectivity index is 1.66. The highest BCUT2D eigenvalue weighted by Gasteiger charge is 2.35. The van der Waals surface area contributed by atoms with Crippen LogP contribution in [0.4, 0.5) is 22.0 Å². The summed E-state index contributed by atoms with van der Waals surface area (Å²) in [6.45, 7) is 0. The SMILES string of the molecule is O=C(Cc1ccc2c(c1)C(S(=O)(=O)c1ccc(C(F)(F)F)cc1)CCC2)c1c(F)cccc1F. The van der Waals surface area contributed by atoms with Crippen LogP contribution in [0.3, 0.4) is 0 Å². The average molecular weight is 494 g/mol. The van der Waals surface area contributed by atoms with E-state index in [2.05, 4.69) is 0 Å². The number of Topliss-reactive ketones (excluding diaryl/α,β-unsaturated/α-hetero) is 1. The van der Waals surface area contributed by atoms with E-state index in [0.717, 1.165) is 48.0 Å². The Bertz CT molecular complexity index is 1330. The van der Waals surface area contributed by atoms with Crippen LogP contribution < -0.4 is 0 Å². The largest absolute Gasteiger partial charge is 0.416 e. The summed E-state index contributed by atoms with van der Waals surface area (Å²) >= 11 is 0. The normalized spacial score (nSPS) is 16.2. The van der Waals surface area contributed by atoms with E-state index in [1.54, 1.807) is 12.1 Å². The highest BCUT2D eigenvalue weighted by molar-refractivity contribution is 7.91. The van der Waals surface area contributed by atoms with Crippen molar-refractivity contribution >= 4 is 15.6 Å². The van der Waals surface area contributed by atoms with Gasteiger partial charge in [-0.25, -0.2) is 17.2 Å². The van der Waals surface area contributed by atoms with Crippen molar-refractivity contribution in [3.05, 3.63) is 100 Å². The summed E-state index contributed by atoms with van der Waals surface area (Å²) in [5.74, 6) is -2.75. The van der Waals surface area contributed by atoms with Crippen LogP contribution in [0.5, 0.6) is 0 Å². The molecule has 3 nitrogen and oxygen atoms in total. The number of ketones is 1. The molecule has 178 valence electrons. The molecule has 1 unspecified atom stereocenters. The highest BCUT2D eigenvalue weighted by Crippen LogP contribution is 2.40. The Morgan fingerprint density at radius 3 is 2.21 bits per heavy atom. The molecule has 0 spiro atoms. The molecule has 3 aromatic carbocycles. The number of benzene rings is 3. The minimum Gasteiger partial charge on any atom is -0.294 e. The Morgan fingerprint density at radius 1 is 0.941 bits per heavy atom. The number of halogens is 5. The first-order valence-electron chi connectivity index (χ1n) is 10.5. The van der Waals surface area contributed by atoms with E-state index in [9.17, 15) is 35.2 Å². The van der Waals surface area contributed by atoms with E-state index in [4.69, 9.17) is 0 Å². The second-order valence-electron chi connectivity index (χ2n) is 8.18. The first-order valence-corrected chi connectivity index (χ1v) is 12.0. The summed E-state index contributed by atoms with van der Waals surface area (Å²) in [6.07, 6.45) is -3.49. The number of carbonyl (C=O) groups excluding carboxylic acids is 1. The molecule has 3 aromatic rings. The van der Waals surface area contributed by atoms with E-state index in [1.807, 2.05) is 0 Å². The average Bonchev–Trinajstić information content (AvgIpc) is 2.78. The molecule has 0 aliphatic heterocycles. The van der Waals surface area contributed by atoms with Crippen molar-refractivity contribution in [3.63, 3.8) is 0 Å². The van der Waals surface area contributed by atoms with Gasteiger partial charge in [0.15, 0.2) is 15.6 Å². The zero-order valence-electron chi connectivity index (χ0n) is 17.7. The van der Waals surface area contributed by atoms with E-state index >= 15 is 0 Å². The minimum atomic E-state index is -4.58. The second-order valence-corrected chi connectivity index (χ2v) is 10.3. The third-order valence-electron chi connectivity index (χ3n) is 5.96. The predicted octanol–water partition coefficient (Wildman–Crippen LogP) is 6.26. The quantitative estimate of drug-likeness (QED) is 0.311. The molecule has 1 aliphatic rings. The molecule has 34 heavy (non-hydrogen) atoms. The molecule has 0 saturated carbocycles. The molecule has 1 atom stereocenters. The first-order chi connectivity index (χ1) is 16.0. The Kier molecular flexibility index (Phi) is 6.33. The summed E-state index contributed by atoms with van der Waals surface area (Å²) in [4.78, 5) is 12.3. The van der Waals surface area contributed by atoms with Gasteiger partial charge in [-0.2, -0.15) is 13.2 Å². The Labute approximate surface area is 193 Å². The number of sulfone groups is 1. The molecule has 1 aliphatic carbocycles. The predicted molar refractivity (Wildman–Crippen MR) is 115 cm³/mol. The van der Waals surface area contributed by atoms with Crippen LogP contribution in [-0.4, -0.2) is 14.2 Å². The van der Waals surface area contributed by atoms with Crippen LogP contribution in [0, 0.1) is 11.6 Å². The number of fused-ring (bicyclic) bond motifs is 1. The lowest BCUT2D eigenvalue weighted by molar-refractivity contribution is -0.137. The topological polar surface area (TPSA) is 51.2 Å². The summed E-state index contributed by atoms with van der Waals surface area (Å²) in [7, 11) is -4.02. The second kappa shape index (κ2) is 8.94. The molecular weight excluding hydrogens is 475 g/mol. The number of hydrogen-bond acceptors (Lipinski definition) is 3. The summed E-state index contributed by atoms with van der Waals surface area (Å²) in [5, 5.41) is -1.01. The summed E-state index contributed by atoms with van der Waals surface area (Å²) in [5.41, 5.74) is -0.0165. The van der Waals surface area contributed by atoms with Crippen molar-refractivity contribution in [1.82, 2.24) is 0 Å². The maximum Gasteiger partial charge on any atom is 0.416 e. The fourth-order valence-corrected chi connectivity index (χ4v) is 6.15. The molecule has 0 saturated heterocycles. The van der Waals surface area contributed by atoms with Gasteiger partial charge in [-0.3, -0.25) is 4.79 Å². The van der Waals surface area contributed by atoms with Gasteiger partial charge in [0.1, 0.15) is 11.6 Å². The monoisotopic (exact) mass is 494 g/mol. The minimum absolute atomic E-state index is 0.228. The molecular formula is C25H19F5O3S. The number of hydrogen-bond donors (Lipinski definition) is 0.